The van der Waals surface area contributed by atoms with Crippen molar-refractivity contribution in [2.75, 3.05) is 5.43 Å². The van der Waals surface area contributed by atoms with E-state index in [1.165, 1.54) is 31.2 Å². The number of benzene rings is 2. The standard InChI is InChI=1S/C17H15N3O6S/c1-17(11-5-3-2-4-6-11)25-15(21)14(16(22)26-17)20-19-12-7-9-13(10-8-12)27(18,23)24/h2-10,19H,1H3,(H2,18,23,24). The molecule has 0 spiro atoms. The first-order chi connectivity index (χ1) is 12.7. The van der Waals surface area contributed by atoms with Gasteiger partial charge in [-0.3, -0.25) is 5.43 Å². The largest absolute Gasteiger partial charge is 0.413 e. The number of ether oxygens (including phenoxy) is 2. The van der Waals surface area contributed by atoms with Crippen molar-refractivity contribution in [3.8, 4) is 0 Å². The third kappa shape index (κ3) is 3.96. The third-order valence-electron chi connectivity index (χ3n) is 3.74. The molecule has 2 aromatic rings. The number of hydrogen-bond acceptors (Lipinski definition) is 8. The highest BCUT2D eigenvalue weighted by atomic mass is 32.2. The number of carbonyl (C=O) groups excluding carboxylic acids is 2. The molecule has 1 fully saturated rings. The molecule has 1 aliphatic rings. The summed E-state index contributed by atoms with van der Waals surface area (Å²) in [4.78, 5) is 24.3. The van der Waals surface area contributed by atoms with Crippen molar-refractivity contribution in [2.45, 2.75) is 17.6 Å². The zero-order valence-corrected chi connectivity index (χ0v) is 14.9. The quantitative estimate of drug-likeness (QED) is 0.589. The predicted molar refractivity (Wildman–Crippen MR) is 94.9 cm³/mol. The molecular weight excluding hydrogens is 374 g/mol. The highest BCUT2D eigenvalue weighted by Gasteiger charge is 2.45. The smallest absolute Gasteiger partial charge is 0.370 e. The summed E-state index contributed by atoms with van der Waals surface area (Å²) < 4.78 is 32.9. The normalized spacial score (nSPS) is 19.9. The number of anilines is 1. The Bertz CT molecular complexity index is 996. The number of esters is 2. The number of sulfonamides is 1. The SMILES string of the molecule is CC1(c2ccccc2)OC(=O)C(=NNc2ccc(S(N)(=O)=O)cc2)C(=O)O1. The van der Waals surface area contributed by atoms with E-state index >= 15 is 0 Å². The summed E-state index contributed by atoms with van der Waals surface area (Å²) in [6, 6.07) is 13.8. The Morgan fingerprint density at radius 2 is 1.52 bits per heavy atom. The predicted octanol–water partition coefficient (Wildman–Crippen LogP) is 1.07. The lowest BCUT2D eigenvalue weighted by molar-refractivity contribution is -0.226. The van der Waals surface area contributed by atoms with Crippen LogP contribution in [-0.2, 0) is 34.9 Å². The van der Waals surface area contributed by atoms with Crippen LogP contribution in [0.2, 0.25) is 0 Å². The molecule has 0 aliphatic carbocycles. The average molecular weight is 389 g/mol. The van der Waals surface area contributed by atoms with E-state index in [9.17, 15) is 18.0 Å². The Labute approximate surface area is 154 Å². The summed E-state index contributed by atoms with van der Waals surface area (Å²) in [6.45, 7) is 1.45. The van der Waals surface area contributed by atoms with Crippen molar-refractivity contribution in [3.63, 3.8) is 0 Å². The maximum atomic E-state index is 12.2. The van der Waals surface area contributed by atoms with Gasteiger partial charge >= 0.3 is 11.9 Å². The summed E-state index contributed by atoms with van der Waals surface area (Å²) in [5, 5.41) is 8.71. The topological polar surface area (TPSA) is 137 Å². The minimum atomic E-state index is -3.82. The molecule has 0 amide bonds. The van der Waals surface area contributed by atoms with Gasteiger partial charge in [-0.2, -0.15) is 5.10 Å². The van der Waals surface area contributed by atoms with Gasteiger partial charge in [0.1, 0.15) is 0 Å². The second-order valence-electron chi connectivity index (χ2n) is 5.73. The fourth-order valence-corrected chi connectivity index (χ4v) is 2.86. The molecule has 9 nitrogen and oxygen atoms in total. The Kier molecular flexibility index (Phi) is 4.68. The van der Waals surface area contributed by atoms with Gasteiger partial charge in [-0.1, -0.05) is 30.3 Å². The molecule has 2 aromatic carbocycles. The van der Waals surface area contributed by atoms with Crippen LogP contribution in [0.1, 0.15) is 12.5 Å². The molecule has 0 unspecified atom stereocenters. The molecule has 1 heterocycles. The first-order valence-electron chi connectivity index (χ1n) is 7.68. The Balaban J connectivity index is 1.77. The molecule has 3 rings (SSSR count). The number of rotatable bonds is 4. The van der Waals surface area contributed by atoms with Gasteiger partial charge in [-0.15, -0.1) is 0 Å². The van der Waals surface area contributed by atoms with Crippen molar-refractivity contribution in [3.05, 3.63) is 60.2 Å². The van der Waals surface area contributed by atoms with Crippen molar-refractivity contribution in [1.29, 1.82) is 0 Å². The lowest BCUT2D eigenvalue weighted by atomic mass is 10.1. The van der Waals surface area contributed by atoms with Gasteiger partial charge in [-0.25, -0.2) is 23.1 Å². The Hall–Kier alpha value is -3.24. The number of nitrogens with one attached hydrogen (secondary N) is 1. The minimum Gasteiger partial charge on any atom is -0.413 e. The highest BCUT2D eigenvalue weighted by molar-refractivity contribution is 7.89. The molecule has 0 bridgehead atoms. The van der Waals surface area contributed by atoms with E-state index in [0.29, 0.717) is 11.3 Å². The number of primary sulfonamides is 1. The van der Waals surface area contributed by atoms with Crippen LogP contribution in [0.15, 0.2) is 64.6 Å². The number of cyclic esters (lactones) is 2. The van der Waals surface area contributed by atoms with Gasteiger partial charge in [0.15, 0.2) is 0 Å². The van der Waals surface area contributed by atoms with Gasteiger partial charge in [0, 0.05) is 12.5 Å². The molecule has 10 heteroatoms. The second kappa shape index (κ2) is 6.82. The first kappa shape index (κ1) is 18.5. The van der Waals surface area contributed by atoms with Gasteiger partial charge in [-0.05, 0) is 24.3 Å². The molecule has 3 N–H and O–H groups in total. The summed E-state index contributed by atoms with van der Waals surface area (Å²) in [5.41, 5.74) is 2.72. The van der Waals surface area contributed by atoms with Crippen molar-refractivity contribution in [2.24, 2.45) is 10.2 Å². The molecule has 1 saturated heterocycles. The van der Waals surface area contributed by atoms with E-state index in [0.717, 1.165) is 0 Å². The number of carbonyl (C=O) groups is 2. The van der Waals surface area contributed by atoms with Crippen LogP contribution in [0.4, 0.5) is 5.69 Å². The first-order valence-corrected chi connectivity index (χ1v) is 9.22. The number of hydrazone groups is 1. The van der Waals surface area contributed by atoms with Gasteiger partial charge in [0.05, 0.1) is 10.6 Å². The summed E-state index contributed by atoms with van der Waals surface area (Å²) >= 11 is 0. The highest BCUT2D eigenvalue weighted by Crippen LogP contribution is 2.30. The lowest BCUT2D eigenvalue weighted by Crippen LogP contribution is -2.47. The summed E-state index contributed by atoms with van der Waals surface area (Å²) in [5.74, 6) is -3.46. The molecule has 1 aliphatic heterocycles. The van der Waals surface area contributed by atoms with Crippen LogP contribution in [0.25, 0.3) is 0 Å². The number of nitrogens with zero attached hydrogens (tertiary/aromatic N) is 1. The lowest BCUT2D eigenvalue weighted by Gasteiger charge is -2.32. The fourth-order valence-electron chi connectivity index (χ4n) is 2.34. The van der Waals surface area contributed by atoms with Gasteiger partial charge < -0.3 is 9.47 Å². The zero-order valence-electron chi connectivity index (χ0n) is 14.1. The number of nitrogens with two attached hydrogens (primary N) is 1. The van der Waals surface area contributed by atoms with Crippen LogP contribution in [0.3, 0.4) is 0 Å². The van der Waals surface area contributed by atoms with Crippen LogP contribution in [0, 0.1) is 0 Å². The van der Waals surface area contributed by atoms with E-state index in [4.69, 9.17) is 14.6 Å². The Morgan fingerprint density at radius 3 is 2.04 bits per heavy atom. The van der Waals surface area contributed by atoms with Gasteiger partial charge in [0.2, 0.25) is 10.0 Å². The minimum absolute atomic E-state index is 0.0872. The molecular formula is C17H15N3O6S. The van der Waals surface area contributed by atoms with Crippen molar-refractivity contribution < 1.29 is 27.5 Å². The van der Waals surface area contributed by atoms with Crippen molar-refractivity contribution >= 4 is 33.4 Å². The van der Waals surface area contributed by atoms with Crippen LogP contribution in [-0.4, -0.2) is 26.1 Å². The molecule has 0 atom stereocenters. The summed E-state index contributed by atoms with van der Waals surface area (Å²) in [7, 11) is -3.82. The Morgan fingerprint density at radius 1 is 0.963 bits per heavy atom. The summed E-state index contributed by atoms with van der Waals surface area (Å²) in [6.07, 6.45) is 0. The van der Waals surface area contributed by atoms with E-state index < -0.39 is 33.5 Å². The zero-order chi connectivity index (χ0) is 19.7. The molecule has 0 saturated carbocycles. The van der Waals surface area contributed by atoms with Crippen molar-refractivity contribution in [1.82, 2.24) is 0 Å². The number of hydrogen-bond donors (Lipinski definition) is 2. The maximum Gasteiger partial charge on any atom is 0.370 e. The third-order valence-corrected chi connectivity index (χ3v) is 4.67. The van der Waals surface area contributed by atoms with E-state index in [2.05, 4.69) is 10.5 Å². The monoisotopic (exact) mass is 389 g/mol. The van der Waals surface area contributed by atoms with Gasteiger partial charge in [0.25, 0.3) is 11.5 Å². The average Bonchev–Trinajstić information content (AvgIpc) is 2.61. The van der Waals surface area contributed by atoms with E-state index in [-0.39, 0.29) is 4.90 Å². The van der Waals surface area contributed by atoms with E-state index in [1.54, 1.807) is 30.3 Å². The van der Waals surface area contributed by atoms with E-state index in [1.807, 2.05) is 0 Å². The molecule has 140 valence electrons. The second-order valence-corrected chi connectivity index (χ2v) is 7.29. The fraction of sp³-hybridized carbons (Fsp3) is 0.118. The van der Waals surface area contributed by atoms with Crippen LogP contribution in [0.5, 0.6) is 0 Å². The molecule has 0 radical (unpaired) electrons. The molecule has 27 heavy (non-hydrogen) atoms. The van der Waals surface area contributed by atoms with Crippen LogP contribution < -0.4 is 10.6 Å². The van der Waals surface area contributed by atoms with Crippen LogP contribution >= 0.6 is 0 Å². The maximum absolute atomic E-state index is 12.2. The molecule has 0 aromatic heterocycles.